The van der Waals surface area contributed by atoms with E-state index >= 15 is 0 Å². The molecule has 1 atom stereocenters. The van der Waals surface area contributed by atoms with Gasteiger partial charge in [0.1, 0.15) is 5.75 Å². The monoisotopic (exact) mass is 372 g/mol. The van der Waals surface area contributed by atoms with E-state index < -0.39 is 0 Å². The lowest BCUT2D eigenvalue weighted by atomic mass is 9.94. The Hall–Kier alpha value is -1.10. The maximum absolute atomic E-state index is 9.38. The Bertz CT molecular complexity index is 579. The third-order valence-corrected chi connectivity index (χ3v) is 6.87. The molecule has 0 amide bonds. The average molecular weight is 373 g/mol. The molecule has 2 saturated heterocycles. The Morgan fingerprint density at radius 3 is 2.48 bits per heavy atom. The standard InChI is InChI=1S/C23H36N2O2/c26-18-19-11-14-25(15-12-19)21-7-5-13-24(17-21)16-20-6-1-4-10-23(20)27-22-8-2-3-9-22/h1,4,6,10,19,21-22,26H,2-3,5,7-9,11-18H2. The molecule has 0 spiro atoms. The van der Waals surface area contributed by atoms with Crippen LogP contribution in [0.25, 0.3) is 0 Å². The van der Waals surface area contributed by atoms with E-state index in [1.165, 1.54) is 57.2 Å². The highest BCUT2D eigenvalue weighted by atomic mass is 16.5. The lowest BCUT2D eigenvalue weighted by Crippen LogP contribution is -2.50. The van der Waals surface area contributed by atoms with Gasteiger partial charge in [-0.25, -0.2) is 0 Å². The fourth-order valence-electron chi connectivity index (χ4n) is 5.15. The second-order valence-corrected chi connectivity index (χ2v) is 8.83. The first-order chi connectivity index (χ1) is 13.3. The molecule has 1 unspecified atom stereocenters. The van der Waals surface area contributed by atoms with Crippen molar-refractivity contribution in [2.75, 3.05) is 32.8 Å². The van der Waals surface area contributed by atoms with Crippen LogP contribution in [0.1, 0.15) is 56.9 Å². The van der Waals surface area contributed by atoms with Gasteiger partial charge in [0, 0.05) is 31.3 Å². The minimum atomic E-state index is 0.364. The summed E-state index contributed by atoms with van der Waals surface area (Å²) in [5, 5.41) is 9.38. The summed E-state index contributed by atoms with van der Waals surface area (Å²) in [4.78, 5) is 5.31. The molecule has 3 fully saturated rings. The fraction of sp³-hybridized carbons (Fsp3) is 0.739. The highest BCUT2D eigenvalue weighted by Gasteiger charge is 2.29. The highest BCUT2D eigenvalue weighted by molar-refractivity contribution is 5.33. The van der Waals surface area contributed by atoms with Gasteiger partial charge >= 0.3 is 0 Å². The molecule has 2 aliphatic heterocycles. The number of nitrogens with zero attached hydrogens (tertiary/aromatic N) is 2. The molecule has 2 heterocycles. The van der Waals surface area contributed by atoms with Gasteiger partial charge in [0.25, 0.3) is 0 Å². The van der Waals surface area contributed by atoms with Gasteiger partial charge in [-0.05, 0) is 83.0 Å². The summed E-state index contributed by atoms with van der Waals surface area (Å²) < 4.78 is 6.35. The van der Waals surface area contributed by atoms with E-state index in [0.717, 1.165) is 38.2 Å². The number of likely N-dealkylation sites (tertiary alicyclic amines) is 2. The van der Waals surface area contributed by atoms with Crippen LogP contribution in [0.4, 0.5) is 0 Å². The van der Waals surface area contributed by atoms with E-state index in [1.807, 2.05) is 0 Å². The molecule has 0 bridgehead atoms. The third-order valence-electron chi connectivity index (χ3n) is 6.87. The largest absolute Gasteiger partial charge is 0.490 e. The summed E-state index contributed by atoms with van der Waals surface area (Å²) >= 11 is 0. The third kappa shape index (κ3) is 5.04. The summed E-state index contributed by atoms with van der Waals surface area (Å²) in [7, 11) is 0. The molecule has 1 aromatic carbocycles. The van der Waals surface area contributed by atoms with E-state index in [4.69, 9.17) is 4.74 Å². The molecule has 0 aromatic heterocycles. The Kier molecular flexibility index (Phi) is 6.69. The number of aliphatic hydroxyl groups is 1. The van der Waals surface area contributed by atoms with Crippen molar-refractivity contribution in [1.82, 2.24) is 9.80 Å². The highest BCUT2D eigenvalue weighted by Crippen LogP contribution is 2.29. The average Bonchev–Trinajstić information content (AvgIpc) is 3.23. The minimum Gasteiger partial charge on any atom is -0.490 e. The second kappa shape index (κ2) is 9.40. The van der Waals surface area contributed by atoms with E-state index in [2.05, 4.69) is 34.1 Å². The molecule has 3 aliphatic rings. The molecule has 4 nitrogen and oxygen atoms in total. The summed E-state index contributed by atoms with van der Waals surface area (Å²) in [5.74, 6) is 1.64. The number of rotatable bonds is 6. The Labute approximate surface area is 164 Å². The number of benzene rings is 1. The van der Waals surface area contributed by atoms with E-state index in [0.29, 0.717) is 24.7 Å². The smallest absolute Gasteiger partial charge is 0.124 e. The molecule has 4 heteroatoms. The fourth-order valence-corrected chi connectivity index (χ4v) is 5.15. The van der Waals surface area contributed by atoms with E-state index in [9.17, 15) is 5.11 Å². The van der Waals surface area contributed by atoms with Crippen molar-refractivity contribution < 1.29 is 9.84 Å². The van der Waals surface area contributed by atoms with Crippen molar-refractivity contribution in [3.05, 3.63) is 29.8 Å². The predicted octanol–water partition coefficient (Wildman–Crippen LogP) is 3.68. The van der Waals surface area contributed by atoms with Gasteiger partial charge in [0.15, 0.2) is 0 Å². The molecule has 0 radical (unpaired) electrons. The molecule has 1 saturated carbocycles. The zero-order chi connectivity index (χ0) is 18.5. The predicted molar refractivity (Wildman–Crippen MR) is 109 cm³/mol. The van der Waals surface area contributed by atoms with E-state index in [-0.39, 0.29) is 0 Å². The summed E-state index contributed by atoms with van der Waals surface area (Å²) in [6, 6.07) is 9.35. The lowest BCUT2D eigenvalue weighted by molar-refractivity contribution is 0.0539. The van der Waals surface area contributed by atoms with Crippen LogP contribution in [-0.2, 0) is 6.54 Å². The number of hydrogen-bond acceptors (Lipinski definition) is 4. The summed E-state index contributed by atoms with van der Waals surface area (Å²) in [6.07, 6.45) is 10.4. The van der Waals surface area contributed by atoms with Crippen molar-refractivity contribution in [3.8, 4) is 5.75 Å². The number of piperidine rings is 2. The molecule has 1 aliphatic carbocycles. The van der Waals surface area contributed by atoms with Crippen LogP contribution in [0.2, 0.25) is 0 Å². The zero-order valence-electron chi connectivity index (χ0n) is 16.7. The van der Waals surface area contributed by atoms with Crippen molar-refractivity contribution >= 4 is 0 Å². The van der Waals surface area contributed by atoms with Crippen molar-refractivity contribution in [3.63, 3.8) is 0 Å². The first-order valence-corrected chi connectivity index (χ1v) is 11.1. The second-order valence-electron chi connectivity index (χ2n) is 8.83. The maximum atomic E-state index is 9.38. The normalized spacial score (nSPS) is 26.5. The van der Waals surface area contributed by atoms with Crippen LogP contribution in [0.5, 0.6) is 5.75 Å². The quantitative estimate of drug-likeness (QED) is 0.826. The van der Waals surface area contributed by atoms with Gasteiger partial charge in [-0.3, -0.25) is 9.80 Å². The minimum absolute atomic E-state index is 0.364. The number of aliphatic hydroxyl groups excluding tert-OH is 1. The lowest BCUT2D eigenvalue weighted by Gasteiger charge is -2.42. The van der Waals surface area contributed by atoms with Crippen molar-refractivity contribution in [2.45, 2.75) is 70.1 Å². The van der Waals surface area contributed by atoms with Crippen LogP contribution >= 0.6 is 0 Å². The molecule has 150 valence electrons. The van der Waals surface area contributed by atoms with Crippen LogP contribution in [0, 0.1) is 5.92 Å². The van der Waals surface area contributed by atoms with E-state index in [1.54, 1.807) is 0 Å². The van der Waals surface area contributed by atoms with Gasteiger partial charge in [0.2, 0.25) is 0 Å². The SMILES string of the molecule is OCC1CCN(C2CCCN(Cc3ccccc3OC3CCCC3)C2)CC1. The first-order valence-electron chi connectivity index (χ1n) is 11.1. The van der Waals surface area contributed by atoms with Gasteiger partial charge in [0.05, 0.1) is 6.10 Å². The van der Waals surface area contributed by atoms with Crippen LogP contribution in [-0.4, -0.2) is 59.8 Å². The number of para-hydroxylation sites is 1. The molecular formula is C23H36N2O2. The Morgan fingerprint density at radius 2 is 1.70 bits per heavy atom. The summed E-state index contributed by atoms with van der Waals surface area (Å²) in [6.45, 7) is 6.05. The number of hydrogen-bond donors (Lipinski definition) is 1. The maximum Gasteiger partial charge on any atom is 0.124 e. The molecular weight excluding hydrogens is 336 g/mol. The zero-order valence-corrected chi connectivity index (χ0v) is 16.7. The molecule has 1 aromatic rings. The molecule has 4 rings (SSSR count). The first kappa shape index (κ1) is 19.2. The van der Waals surface area contributed by atoms with Crippen molar-refractivity contribution in [2.24, 2.45) is 5.92 Å². The van der Waals surface area contributed by atoms with Gasteiger partial charge in [-0.1, -0.05) is 18.2 Å². The van der Waals surface area contributed by atoms with Crippen molar-refractivity contribution in [1.29, 1.82) is 0 Å². The van der Waals surface area contributed by atoms with Crippen LogP contribution in [0.15, 0.2) is 24.3 Å². The van der Waals surface area contributed by atoms with Gasteiger partial charge < -0.3 is 9.84 Å². The Balaban J connectivity index is 1.34. The molecule has 1 N–H and O–H groups in total. The van der Waals surface area contributed by atoms with Gasteiger partial charge in [-0.2, -0.15) is 0 Å². The van der Waals surface area contributed by atoms with Gasteiger partial charge in [-0.15, -0.1) is 0 Å². The topological polar surface area (TPSA) is 35.9 Å². The van der Waals surface area contributed by atoms with Crippen LogP contribution < -0.4 is 4.74 Å². The Morgan fingerprint density at radius 1 is 0.926 bits per heavy atom. The van der Waals surface area contributed by atoms with Crippen LogP contribution in [0.3, 0.4) is 0 Å². The molecule has 27 heavy (non-hydrogen) atoms. The summed E-state index contributed by atoms with van der Waals surface area (Å²) in [5.41, 5.74) is 1.35. The number of ether oxygens (including phenoxy) is 1.